The summed E-state index contributed by atoms with van der Waals surface area (Å²) in [7, 11) is -4.05. The van der Waals surface area contributed by atoms with Crippen LogP contribution in [0.1, 0.15) is 41.0 Å². The van der Waals surface area contributed by atoms with E-state index in [1.807, 2.05) is 13.8 Å². The van der Waals surface area contributed by atoms with Gasteiger partial charge in [0, 0.05) is 0 Å². The largest absolute Gasteiger partial charge is 0.461 e. The molecule has 178 valence electrons. The van der Waals surface area contributed by atoms with E-state index in [2.05, 4.69) is 5.09 Å². The molecule has 3 N–H and O–H groups in total. The summed E-state index contributed by atoms with van der Waals surface area (Å²) in [6.07, 6.45) is -1.39. The van der Waals surface area contributed by atoms with Gasteiger partial charge >= 0.3 is 13.7 Å². The molecular formula is C21H36NO8P. The lowest BCUT2D eigenvalue weighted by Crippen LogP contribution is -2.38. The van der Waals surface area contributed by atoms with Crippen molar-refractivity contribution >= 4 is 13.7 Å². The first-order valence-corrected chi connectivity index (χ1v) is 12.0. The maximum Gasteiger partial charge on any atom is 0.459 e. The molecule has 0 saturated carbocycles. The van der Waals surface area contributed by atoms with Crippen molar-refractivity contribution in [1.82, 2.24) is 5.09 Å². The average Bonchev–Trinajstić information content (AvgIpc) is 2.67. The zero-order valence-corrected chi connectivity index (χ0v) is 19.8. The number of carbonyl (C=O) groups excluding carboxylic acids is 1. The van der Waals surface area contributed by atoms with Crippen LogP contribution in [0, 0.1) is 5.92 Å². The van der Waals surface area contributed by atoms with Gasteiger partial charge in [0.25, 0.3) is 0 Å². The van der Waals surface area contributed by atoms with Gasteiger partial charge in [0.1, 0.15) is 17.9 Å². The molecule has 0 saturated heterocycles. The molecule has 10 heteroatoms. The van der Waals surface area contributed by atoms with Crippen molar-refractivity contribution in [3.05, 3.63) is 30.3 Å². The summed E-state index contributed by atoms with van der Waals surface area (Å²) >= 11 is 0. The molecule has 31 heavy (non-hydrogen) atoms. The SMILES string of the molecule is CC(C)CC(C)OC(=O)[C@H](C)N[P@@](=O)(OC[C@@H](OCCO)[C@H](C)O)Oc1ccccc1. The standard InChI is InChI=1S/C21H36NO8P/c1-15(2)13-16(3)29-21(25)17(4)22-31(26,30-19-9-7-6-8-10-19)28-14-20(18(5)24)27-12-11-23/h6-10,15-18,20,23-24H,11-14H2,1-5H3,(H,22,26)/t16?,17-,18-,20+,31+/m0/s1. The van der Waals surface area contributed by atoms with E-state index < -0.39 is 32.0 Å². The first-order valence-electron chi connectivity index (χ1n) is 10.4. The number of benzene rings is 1. The van der Waals surface area contributed by atoms with Crippen molar-refractivity contribution < 1.29 is 38.1 Å². The first kappa shape index (κ1) is 27.6. The summed E-state index contributed by atoms with van der Waals surface area (Å²) in [5, 5.41) is 21.4. The smallest absolute Gasteiger partial charge is 0.459 e. The van der Waals surface area contributed by atoms with Gasteiger partial charge in [-0.1, -0.05) is 32.0 Å². The van der Waals surface area contributed by atoms with Crippen LogP contribution < -0.4 is 9.61 Å². The fourth-order valence-electron chi connectivity index (χ4n) is 2.71. The minimum absolute atomic E-state index is 0.0212. The van der Waals surface area contributed by atoms with E-state index in [4.69, 9.17) is 23.6 Å². The number of carbonyl (C=O) groups is 1. The summed E-state index contributed by atoms with van der Waals surface area (Å²) in [5.74, 6) is 0.0485. The zero-order chi connectivity index (χ0) is 23.4. The molecule has 1 aromatic carbocycles. The van der Waals surface area contributed by atoms with Crippen molar-refractivity contribution in [3.8, 4) is 5.75 Å². The highest BCUT2D eigenvalue weighted by Gasteiger charge is 2.34. The van der Waals surface area contributed by atoms with Crippen LogP contribution in [0.2, 0.25) is 0 Å². The molecule has 0 heterocycles. The van der Waals surface area contributed by atoms with Crippen LogP contribution in [0.5, 0.6) is 5.75 Å². The number of nitrogens with one attached hydrogen (secondary N) is 1. The van der Waals surface area contributed by atoms with E-state index >= 15 is 0 Å². The summed E-state index contributed by atoms with van der Waals surface area (Å²) in [5.41, 5.74) is 0. The molecule has 1 aromatic rings. The fourth-order valence-corrected chi connectivity index (χ4v) is 4.22. The average molecular weight is 461 g/mol. The highest BCUT2D eigenvalue weighted by Crippen LogP contribution is 2.45. The number of aliphatic hydroxyl groups is 2. The molecule has 5 atom stereocenters. The molecule has 0 bridgehead atoms. The van der Waals surface area contributed by atoms with Gasteiger partial charge in [-0.3, -0.25) is 9.32 Å². The molecule has 0 aromatic heterocycles. The minimum atomic E-state index is -4.05. The second-order valence-corrected chi connectivity index (χ2v) is 9.49. The van der Waals surface area contributed by atoms with Crippen LogP contribution in [0.4, 0.5) is 0 Å². The van der Waals surface area contributed by atoms with Gasteiger partial charge in [0.05, 0.1) is 32.0 Å². The molecule has 9 nitrogen and oxygen atoms in total. The van der Waals surface area contributed by atoms with Gasteiger partial charge < -0.3 is 24.2 Å². The van der Waals surface area contributed by atoms with E-state index in [0.717, 1.165) is 0 Å². The number of rotatable bonds is 15. The van der Waals surface area contributed by atoms with E-state index in [9.17, 15) is 14.5 Å². The lowest BCUT2D eigenvalue weighted by atomic mass is 10.1. The number of para-hydroxylation sites is 1. The quantitative estimate of drug-likeness (QED) is 0.267. The lowest BCUT2D eigenvalue weighted by Gasteiger charge is -2.26. The van der Waals surface area contributed by atoms with Crippen LogP contribution in [-0.4, -0.2) is 60.4 Å². The van der Waals surface area contributed by atoms with Crippen LogP contribution in [0.3, 0.4) is 0 Å². The van der Waals surface area contributed by atoms with Gasteiger partial charge in [-0.15, -0.1) is 0 Å². The predicted molar refractivity (Wildman–Crippen MR) is 117 cm³/mol. The van der Waals surface area contributed by atoms with Crippen molar-refractivity contribution in [1.29, 1.82) is 0 Å². The first-order chi connectivity index (χ1) is 14.6. The highest BCUT2D eigenvalue weighted by molar-refractivity contribution is 7.52. The Bertz CT molecular complexity index is 685. The van der Waals surface area contributed by atoms with E-state index in [1.165, 1.54) is 13.8 Å². The number of aliphatic hydroxyl groups excluding tert-OH is 2. The Morgan fingerprint density at radius 3 is 2.32 bits per heavy atom. The molecule has 0 spiro atoms. The number of hydrogen-bond donors (Lipinski definition) is 3. The van der Waals surface area contributed by atoms with Crippen molar-refractivity contribution in [3.63, 3.8) is 0 Å². The summed E-state index contributed by atoms with van der Waals surface area (Å²) < 4.78 is 35.2. The molecule has 1 unspecified atom stereocenters. The van der Waals surface area contributed by atoms with E-state index in [0.29, 0.717) is 12.3 Å². The topological polar surface area (TPSA) is 124 Å². The Balaban J connectivity index is 2.89. The van der Waals surface area contributed by atoms with Gasteiger partial charge in [-0.25, -0.2) is 4.57 Å². The monoisotopic (exact) mass is 461 g/mol. The third kappa shape index (κ3) is 11.1. The third-order valence-corrected chi connectivity index (χ3v) is 5.81. The maximum absolute atomic E-state index is 13.4. The third-order valence-electron chi connectivity index (χ3n) is 4.16. The Kier molecular flexibility index (Phi) is 12.3. The number of esters is 1. The number of ether oxygens (including phenoxy) is 2. The van der Waals surface area contributed by atoms with Crippen LogP contribution in [-0.2, 0) is 23.4 Å². The molecular weight excluding hydrogens is 425 g/mol. The normalized spacial score (nSPS) is 17.4. The Morgan fingerprint density at radius 2 is 1.77 bits per heavy atom. The zero-order valence-electron chi connectivity index (χ0n) is 18.9. The molecule has 0 fully saturated rings. The van der Waals surface area contributed by atoms with Crippen LogP contribution >= 0.6 is 7.75 Å². The second kappa shape index (κ2) is 13.8. The second-order valence-electron chi connectivity index (χ2n) is 7.80. The molecule has 0 radical (unpaired) electrons. The van der Waals surface area contributed by atoms with Gasteiger partial charge in [-0.05, 0) is 45.2 Å². The van der Waals surface area contributed by atoms with Crippen molar-refractivity contribution in [2.75, 3.05) is 19.8 Å². The van der Waals surface area contributed by atoms with Crippen LogP contribution in [0.25, 0.3) is 0 Å². The molecule has 0 amide bonds. The summed E-state index contributed by atoms with van der Waals surface area (Å²) in [6.45, 7) is 8.29. The van der Waals surface area contributed by atoms with E-state index in [1.54, 1.807) is 37.3 Å². The predicted octanol–water partition coefficient (Wildman–Crippen LogP) is 2.90. The fraction of sp³-hybridized carbons (Fsp3) is 0.667. The highest BCUT2D eigenvalue weighted by atomic mass is 31.2. The molecule has 0 aliphatic rings. The maximum atomic E-state index is 13.4. The van der Waals surface area contributed by atoms with Crippen molar-refractivity contribution in [2.24, 2.45) is 5.92 Å². The summed E-state index contributed by atoms with van der Waals surface area (Å²) in [4.78, 5) is 12.4. The summed E-state index contributed by atoms with van der Waals surface area (Å²) in [6, 6.07) is 7.39. The Morgan fingerprint density at radius 1 is 1.13 bits per heavy atom. The number of hydrogen-bond acceptors (Lipinski definition) is 8. The van der Waals surface area contributed by atoms with Gasteiger partial charge in [0.2, 0.25) is 0 Å². The van der Waals surface area contributed by atoms with Gasteiger partial charge in [0.15, 0.2) is 0 Å². The molecule has 0 aliphatic heterocycles. The minimum Gasteiger partial charge on any atom is -0.461 e. The van der Waals surface area contributed by atoms with Crippen LogP contribution in [0.15, 0.2) is 30.3 Å². The Hall–Kier alpha value is -1.48. The molecule has 0 aliphatic carbocycles. The van der Waals surface area contributed by atoms with Crippen molar-refractivity contribution in [2.45, 2.75) is 65.4 Å². The Labute approximate surface area is 184 Å². The lowest BCUT2D eigenvalue weighted by molar-refractivity contribution is -0.150. The van der Waals surface area contributed by atoms with Gasteiger partial charge in [-0.2, -0.15) is 5.09 Å². The van der Waals surface area contributed by atoms with E-state index in [-0.39, 0.29) is 31.7 Å². The molecule has 1 rings (SSSR count).